The molecule has 0 saturated carbocycles. The number of ether oxygens (including phenoxy) is 2. The average molecular weight is 615 g/mol. The van der Waals surface area contributed by atoms with Gasteiger partial charge in [-0.25, -0.2) is 0 Å². The minimum absolute atomic E-state index is 0.257. The molecule has 220 valence electrons. The summed E-state index contributed by atoms with van der Waals surface area (Å²) in [6, 6.07) is 23.4. The van der Waals surface area contributed by atoms with E-state index in [0.717, 1.165) is 16.2 Å². The van der Waals surface area contributed by atoms with Crippen LogP contribution in [0.2, 0.25) is 0 Å². The van der Waals surface area contributed by atoms with Crippen LogP contribution in [-0.2, 0) is 4.79 Å². The third-order valence-corrected chi connectivity index (χ3v) is 8.99. The lowest BCUT2D eigenvalue weighted by Gasteiger charge is -2.16. The lowest BCUT2D eigenvalue weighted by atomic mass is 10.1. The Hall–Kier alpha value is -4.79. The van der Waals surface area contributed by atoms with Gasteiger partial charge in [-0.05, 0) is 61.4 Å². The molecule has 0 aliphatic rings. The highest BCUT2D eigenvalue weighted by Crippen LogP contribution is 2.35. The van der Waals surface area contributed by atoms with Crippen molar-refractivity contribution >= 4 is 57.2 Å². The van der Waals surface area contributed by atoms with Gasteiger partial charge in [0, 0.05) is 16.3 Å². The van der Waals surface area contributed by atoms with Gasteiger partial charge in [0.05, 0.1) is 29.9 Å². The minimum Gasteiger partial charge on any atom is -0.496 e. The molecule has 3 aromatic carbocycles. The number of thioether (sulfide) groups is 1. The van der Waals surface area contributed by atoms with Crippen LogP contribution in [0.25, 0.3) is 0 Å². The number of anilines is 3. The number of carbonyl (C=O) groups excluding carboxylic acids is 3. The first kappa shape index (κ1) is 31.2. The molecule has 4 rings (SSSR count). The molecule has 43 heavy (non-hydrogen) atoms. The predicted octanol–water partition coefficient (Wildman–Crippen LogP) is 6.96. The molecule has 4 aromatic rings. The number of nitrogens with zero attached hydrogens (tertiary/aromatic N) is 1. The van der Waals surface area contributed by atoms with Crippen LogP contribution in [0.3, 0.4) is 0 Å². The van der Waals surface area contributed by atoms with Crippen LogP contribution in [-0.4, -0.2) is 37.2 Å². The summed E-state index contributed by atoms with van der Waals surface area (Å²) in [6.45, 7) is 3.58. The molecule has 0 radical (unpaired) electrons. The fourth-order valence-electron chi connectivity index (χ4n) is 4.26. The van der Waals surface area contributed by atoms with Crippen LogP contribution in [0, 0.1) is 18.3 Å². The quantitative estimate of drug-likeness (QED) is 0.156. The smallest absolute Gasteiger partial charge is 0.266 e. The van der Waals surface area contributed by atoms with Crippen molar-refractivity contribution in [2.45, 2.75) is 30.4 Å². The van der Waals surface area contributed by atoms with Gasteiger partial charge < -0.3 is 25.4 Å². The Labute approximate surface area is 258 Å². The fraction of sp³-hybridized carbons (Fsp3) is 0.188. The monoisotopic (exact) mass is 614 g/mol. The average Bonchev–Trinajstić information content (AvgIpc) is 3.34. The van der Waals surface area contributed by atoms with E-state index in [-0.39, 0.29) is 22.9 Å². The molecule has 9 nitrogen and oxygen atoms in total. The van der Waals surface area contributed by atoms with Crippen molar-refractivity contribution in [1.82, 2.24) is 0 Å². The first-order valence-electron chi connectivity index (χ1n) is 13.3. The Morgan fingerprint density at radius 3 is 2.14 bits per heavy atom. The topological polar surface area (TPSA) is 130 Å². The fourth-order valence-corrected chi connectivity index (χ4v) is 6.33. The second-order valence-electron chi connectivity index (χ2n) is 9.22. The third kappa shape index (κ3) is 7.35. The maximum absolute atomic E-state index is 13.4. The van der Waals surface area contributed by atoms with Crippen molar-refractivity contribution in [3.8, 4) is 17.6 Å². The minimum atomic E-state index is -0.504. The van der Waals surface area contributed by atoms with Gasteiger partial charge in [-0.3, -0.25) is 14.4 Å². The highest BCUT2D eigenvalue weighted by molar-refractivity contribution is 8.00. The van der Waals surface area contributed by atoms with Gasteiger partial charge in [-0.1, -0.05) is 37.3 Å². The van der Waals surface area contributed by atoms with E-state index in [1.165, 1.54) is 26.0 Å². The number of rotatable bonds is 11. The molecular formula is C32H30N4O5S2. The summed E-state index contributed by atoms with van der Waals surface area (Å²) in [5.41, 5.74) is 2.20. The number of hydrogen-bond donors (Lipinski definition) is 3. The zero-order chi connectivity index (χ0) is 30.9. The first-order valence-corrected chi connectivity index (χ1v) is 15.0. The summed E-state index contributed by atoms with van der Waals surface area (Å²) in [7, 11) is 2.96. The number of thiophene rings is 1. The maximum atomic E-state index is 13.4. The number of benzene rings is 3. The normalized spacial score (nSPS) is 11.1. The van der Waals surface area contributed by atoms with E-state index in [9.17, 15) is 19.6 Å². The summed E-state index contributed by atoms with van der Waals surface area (Å²) in [4.78, 5) is 40.5. The molecule has 0 aliphatic heterocycles. The summed E-state index contributed by atoms with van der Waals surface area (Å²) >= 11 is 2.40. The Bertz CT molecular complexity index is 1660. The lowest BCUT2D eigenvalue weighted by molar-refractivity contribution is -0.115. The zero-order valence-corrected chi connectivity index (χ0v) is 25.7. The molecule has 3 amide bonds. The summed E-state index contributed by atoms with van der Waals surface area (Å²) in [5, 5.41) is 18.2. The summed E-state index contributed by atoms with van der Waals surface area (Å²) in [5.74, 6) is -0.284. The van der Waals surface area contributed by atoms with Crippen molar-refractivity contribution < 1.29 is 23.9 Å². The van der Waals surface area contributed by atoms with E-state index in [1.807, 2.05) is 31.2 Å². The molecular weight excluding hydrogens is 585 g/mol. The van der Waals surface area contributed by atoms with Crippen LogP contribution in [0.4, 0.5) is 16.4 Å². The Balaban J connectivity index is 1.48. The molecule has 11 heteroatoms. The van der Waals surface area contributed by atoms with E-state index in [4.69, 9.17) is 9.47 Å². The largest absolute Gasteiger partial charge is 0.496 e. The molecule has 3 N–H and O–H groups in total. The van der Waals surface area contributed by atoms with E-state index >= 15 is 0 Å². The third-order valence-electron chi connectivity index (χ3n) is 6.42. The zero-order valence-electron chi connectivity index (χ0n) is 24.0. The van der Waals surface area contributed by atoms with Crippen molar-refractivity contribution in [3.63, 3.8) is 0 Å². The second kappa shape index (κ2) is 14.4. The lowest BCUT2D eigenvalue weighted by Crippen LogP contribution is -2.24. The molecule has 0 spiro atoms. The van der Waals surface area contributed by atoms with Crippen molar-refractivity contribution in [2.75, 3.05) is 30.2 Å². The number of nitrogens with one attached hydrogen (secondary N) is 3. The Morgan fingerprint density at radius 1 is 0.884 bits per heavy atom. The van der Waals surface area contributed by atoms with Crippen molar-refractivity contribution in [1.29, 1.82) is 5.26 Å². The SMILES string of the molecule is CCC(Sc1cccc(NC(=O)c2c(OC)cccc2OC)c1)C(=O)Nc1sc(C(=O)Nc2ccccc2)c(C)c1C#N. The standard InChI is InChI=1S/C32H30N4O5S2/c1-5-26(29(37)36-32-23(18-33)19(2)28(43-32)31(39)34-20-11-7-6-8-12-20)42-22-14-9-13-21(17-22)35-30(38)27-24(40-3)15-10-16-25(27)41-4/h6-17,26H,5H2,1-4H3,(H,34,39)(H,35,38)(H,36,37). The highest BCUT2D eigenvalue weighted by Gasteiger charge is 2.25. The molecule has 0 saturated heterocycles. The number of nitriles is 1. The van der Waals surface area contributed by atoms with Gasteiger partial charge in [0.1, 0.15) is 28.1 Å². The number of methoxy groups -OCH3 is 2. The highest BCUT2D eigenvalue weighted by atomic mass is 32.2. The van der Waals surface area contributed by atoms with Crippen LogP contribution < -0.4 is 25.4 Å². The first-order chi connectivity index (χ1) is 20.8. The van der Waals surface area contributed by atoms with Crippen molar-refractivity contribution in [2.24, 2.45) is 0 Å². The van der Waals surface area contributed by atoms with Crippen molar-refractivity contribution in [3.05, 3.63) is 94.4 Å². The predicted molar refractivity (Wildman–Crippen MR) is 171 cm³/mol. The van der Waals surface area contributed by atoms with Gasteiger partial charge in [0.25, 0.3) is 11.8 Å². The maximum Gasteiger partial charge on any atom is 0.266 e. The Morgan fingerprint density at radius 2 is 1.51 bits per heavy atom. The van der Waals surface area contributed by atoms with E-state index in [1.54, 1.807) is 55.5 Å². The van der Waals surface area contributed by atoms with Crippen LogP contribution in [0.15, 0.2) is 77.7 Å². The molecule has 0 aliphatic carbocycles. The number of hydrogen-bond acceptors (Lipinski definition) is 8. The van der Waals surface area contributed by atoms with E-state index in [0.29, 0.717) is 44.7 Å². The Kier molecular flexibility index (Phi) is 10.4. The number of carbonyl (C=O) groups is 3. The summed E-state index contributed by atoms with van der Waals surface area (Å²) < 4.78 is 10.7. The van der Waals surface area contributed by atoms with Gasteiger partial charge in [-0.2, -0.15) is 5.26 Å². The van der Waals surface area contributed by atoms with Crippen LogP contribution in [0.5, 0.6) is 11.5 Å². The van der Waals surface area contributed by atoms with Gasteiger partial charge in [0.2, 0.25) is 5.91 Å². The van der Waals surface area contributed by atoms with Crippen LogP contribution >= 0.6 is 23.1 Å². The van der Waals surface area contributed by atoms with E-state index < -0.39 is 11.2 Å². The van der Waals surface area contributed by atoms with Gasteiger partial charge in [-0.15, -0.1) is 23.1 Å². The molecule has 1 aromatic heterocycles. The number of amides is 3. The molecule has 0 bridgehead atoms. The second-order valence-corrected chi connectivity index (χ2v) is 11.5. The van der Waals surface area contributed by atoms with Gasteiger partial charge in [0.15, 0.2) is 0 Å². The van der Waals surface area contributed by atoms with Crippen LogP contribution in [0.1, 0.15) is 44.5 Å². The molecule has 1 heterocycles. The summed E-state index contributed by atoms with van der Waals surface area (Å²) in [6.07, 6.45) is 0.499. The number of para-hydroxylation sites is 1. The molecule has 1 atom stereocenters. The van der Waals surface area contributed by atoms with Gasteiger partial charge >= 0.3 is 0 Å². The molecule has 1 unspecified atom stereocenters. The molecule has 0 fully saturated rings. The van der Waals surface area contributed by atoms with E-state index in [2.05, 4.69) is 22.0 Å².